The largest absolute Gasteiger partial charge is 0.470 e. The molecular weight excluding hydrogens is 204 g/mol. The Balaban J connectivity index is 1.95. The third kappa shape index (κ3) is 1.18. The minimum Gasteiger partial charge on any atom is -0.470 e. The summed E-state index contributed by atoms with van der Waals surface area (Å²) in [6.45, 7) is 2.19. The van der Waals surface area contributed by atoms with Gasteiger partial charge in [0.15, 0.2) is 0 Å². The molecule has 1 unspecified atom stereocenters. The highest BCUT2D eigenvalue weighted by atomic mass is 16.6. The van der Waals surface area contributed by atoms with Crippen molar-refractivity contribution in [3.8, 4) is 5.75 Å². The molecule has 82 valence electrons. The van der Waals surface area contributed by atoms with Gasteiger partial charge in [0.05, 0.1) is 6.61 Å². The van der Waals surface area contributed by atoms with E-state index in [1.54, 1.807) is 6.92 Å². The molecule has 1 aromatic carbocycles. The van der Waals surface area contributed by atoms with Gasteiger partial charge >= 0.3 is 5.97 Å². The van der Waals surface area contributed by atoms with E-state index in [1.807, 2.05) is 30.3 Å². The van der Waals surface area contributed by atoms with Crippen LogP contribution in [0.1, 0.15) is 18.9 Å². The van der Waals surface area contributed by atoms with Crippen molar-refractivity contribution in [3.63, 3.8) is 0 Å². The van der Waals surface area contributed by atoms with Gasteiger partial charge in [-0.2, -0.15) is 0 Å². The highest BCUT2D eigenvalue weighted by Gasteiger charge is 2.61. The number of ether oxygens (including phenoxy) is 2. The molecule has 0 radical (unpaired) electrons. The van der Waals surface area contributed by atoms with E-state index in [2.05, 4.69) is 0 Å². The second-order valence-corrected chi connectivity index (χ2v) is 4.03. The monoisotopic (exact) mass is 216 g/mol. The first-order chi connectivity index (χ1) is 7.76. The third-order valence-corrected chi connectivity index (χ3v) is 2.97. The van der Waals surface area contributed by atoms with Gasteiger partial charge in [0.2, 0.25) is 5.60 Å². The fourth-order valence-corrected chi connectivity index (χ4v) is 2.05. The van der Waals surface area contributed by atoms with Gasteiger partial charge in [0, 0.05) is 12.0 Å². The SMILES string of the molecule is CCOC(=O)C12CC1=Cc1ccccc1O2. The van der Waals surface area contributed by atoms with Crippen LogP contribution in [0, 0.1) is 0 Å². The maximum Gasteiger partial charge on any atom is 0.355 e. The lowest BCUT2D eigenvalue weighted by Crippen LogP contribution is -2.33. The zero-order valence-electron chi connectivity index (χ0n) is 9.03. The van der Waals surface area contributed by atoms with Gasteiger partial charge in [0.25, 0.3) is 0 Å². The highest BCUT2D eigenvalue weighted by Crippen LogP contribution is 2.52. The first kappa shape index (κ1) is 9.46. The number of carbonyl (C=O) groups excluding carboxylic acids is 1. The number of fused-ring (bicyclic) bond motifs is 2. The first-order valence-electron chi connectivity index (χ1n) is 5.42. The Labute approximate surface area is 93.7 Å². The third-order valence-electron chi connectivity index (χ3n) is 2.97. The fraction of sp³-hybridized carbons (Fsp3) is 0.308. The molecule has 1 saturated carbocycles. The molecule has 0 saturated heterocycles. The predicted molar refractivity (Wildman–Crippen MR) is 59.0 cm³/mol. The standard InChI is InChI=1S/C13H12O3/c1-2-15-12(14)13-8-10(13)7-9-5-3-4-6-11(9)16-13/h3-7H,2,8H2,1H3. The van der Waals surface area contributed by atoms with E-state index >= 15 is 0 Å². The zero-order chi connectivity index (χ0) is 11.2. The van der Waals surface area contributed by atoms with Crippen LogP contribution >= 0.6 is 0 Å². The van der Waals surface area contributed by atoms with E-state index in [0.29, 0.717) is 13.0 Å². The van der Waals surface area contributed by atoms with Gasteiger partial charge in [-0.1, -0.05) is 18.2 Å². The minimum atomic E-state index is -0.801. The molecular formula is C13H12O3. The van der Waals surface area contributed by atoms with Crippen molar-refractivity contribution >= 4 is 12.0 Å². The summed E-state index contributed by atoms with van der Waals surface area (Å²) in [5.74, 6) is 0.493. The predicted octanol–water partition coefficient (Wildman–Crippen LogP) is 2.17. The maximum absolute atomic E-state index is 11.8. The van der Waals surface area contributed by atoms with Gasteiger partial charge in [0.1, 0.15) is 5.75 Å². The van der Waals surface area contributed by atoms with Crippen LogP contribution < -0.4 is 4.74 Å². The molecule has 0 aromatic heterocycles. The Morgan fingerprint density at radius 2 is 2.31 bits per heavy atom. The van der Waals surface area contributed by atoms with E-state index < -0.39 is 5.60 Å². The molecule has 1 aromatic rings. The molecule has 0 bridgehead atoms. The lowest BCUT2D eigenvalue weighted by molar-refractivity contribution is -0.152. The van der Waals surface area contributed by atoms with E-state index in [9.17, 15) is 4.79 Å². The number of esters is 1. The molecule has 1 fully saturated rings. The molecule has 1 heterocycles. The van der Waals surface area contributed by atoms with Crippen LogP contribution in [0.15, 0.2) is 29.8 Å². The van der Waals surface area contributed by atoms with Crippen LogP contribution in [0.5, 0.6) is 5.75 Å². The topological polar surface area (TPSA) is 35.5 Å². The smallest absolute Gasteiger partial charge is 0.355 e. The number of para-hydroxylation sites is 1. The maximum atomic E-state index is 11.8. The fourth-order valence-electron chi connectivity index (χ4n) is 2.05. The summed E-state index contributed by atoms with van der Waals surface area (Å²) in [7, 11) is 0. The molecule has 2 aliphatic rings. The Kier molecular flexibility index (Phi) is 1.84. The molecule has 0 spiro atoms. The summed E-state index contributed by atoms with van der Waals surface area (Å²) in [5.41, 5.74) is 1.25. The first-order valence-corrected chi connectivity index (χ1v) is 5.42. The molecule has 0 amide bonds. The molecule has 16 heavy (non-hydrogen) atoms. The number of benzene rings is 1. The summed E-state index contributed by atoms with van der Waals surface area (Å²) < 4.78 is 10.8. The minimum absolute atomic E-state index is 0.268. The van der Waals surface area contributed by atoms with Crippen LogP contribution in [0.2, 0.25) is 0 Å². The van der Waals surface area contributed by atoms with Gasteiger partial charge in [-0.25, -0.2) is 4.79 Å². The summed E-state index contributed by atoms with van der Waals surface area (Å²) in [4.78, 5) is 11.8. The second kappa shape index (κ2) is 3.11. The van der Waals surface area contributed by atoms with E-state index in [4.69, 9.17) is 9.47 Å². The van der Waals surface area contributed by atoms with Gasteiger partial charge < -0.3 is 9.47 Å². The van der Waals surface area contributed by atoms with E-state index in [-0.39, 0.29) is 5.97 Å². The summed E-state index contributed by atoms with van der Waals surface area (Å²) >= 11 is 0. The lowest BCUT2D eigenvalue weighted by Gasteiger charge is -2.20. The number of carbonyl (C=O) groups is 1. The van der Waals surface area contributed by atoms with Crippen molar-refractivity contribution in [3.05, 3.63) is 35.4 Å². The van der Waals surface area contributed by atoms with Crippen molar-refractivity contribution in [1.82, 2.24) is 0 Å². The van der Waals surface area contributed by atoms with E-state index in [0.717, 1.165) is 16.9 Å². The number of hydrogen-bond acceptors (Lipinski definition) is 3. The molecule has 0 N–H and O–H groups in total. The van der Waals surface area contributed by atoms with Crippen molar-refractivity contribution in [2.24, 2.45) is 0 Å². The average Bonchev–Trinajstić information content (AvgIpc) is 3.00. The Bertz CT molecular complexity index is 490. The van der Waals surface area contributed by atoms with Crippen molar-refractivity contribution in [2.75, 3.05) is 6.61 Å². The van der Waals surface area contributed by atoms with Crippen molar-refractivity contribution in [1.29, 1.82) is 0 Å². The van der Waals surface area contributed by atoms with Crippen LogP contribution in [0.25, 0.3) is 6.08 Å². The van der Waals surface area contributed by atoms with Crippen molar-refractivity contribution < 1.29 is 14.3 Å². The van der Waals surface area contributed by atoms with Gasteiger partial charge in [-0.3, -0.25) is 0 Å². The quantitative estimate of drug-likeness (QED) is 0.711. The van der Waals surface area contributed by atoms with Gasteiger partial charge in [-0.05, 0) is 24.6 Å². The Hall–Kier alpha value is -1.77. The normalized spacial score (nSPS) is 24.7. The summed E-state index contributed by atoms with van der Waals surface area (Å²) in [6.07, 6.45) is 2.68. The second-order valence-electron chi connectivity index (χ2n) is 4.03. The van der Waals surface area contributed by atoms with Crippen LogP contribution in [0.4, 0.5) is 0 Å². The van der Waals surface area contributed by atoms with E-state index in [1.165, 1.54) is 0 Å². The number of hydrogen-bond donors (Lipinski definition) is 0. The number of rotatable bonds is 2. The molecule has 3 nitrogen and oxygen atoms in total. The van der Waals surface area contributed by atoms with Crippen molar-refractivity contribution in [2.45, 2.75) is 18.9 Å². The van der Waals surface area contributed by atoms with Crippen LogP contribution in [0.3, 0.4) is 0 Å². The Morgan fingerprint density at radius 3 is 3.12 bits per heavy atom. The average molecular weight is 216 g/mol. The molecule has 1 aliphatic carbocycles. The molecule has 1 atom stereocenters. The molecule has 3 rings (SSSR count). The zero-order valence-corrected chi connectivity index (χ0v) is 9.03. The summed E-state index contributed by atoms with van der Waals surface area (Å²) in [6, 6.07) is 7.72. The molecule has 3 heteroatoms. The summed E-state index contributed by atoms with van der Waals surface area (Å²) in [5, 5.41) is 0. The Morgan fingerprint density at radius 1 is 1.50 bits per heavy atom. The lowest BCUT2D eigenvalue weighted by atomic mass is 10.1. The highest BCUT2D eigenvalue weighted by molar-refractivity contribution is 5.94. The van der Waals surface area contributed by atoms with Crippen LogP contribution in [-0.2, 0) is 9.53 Å². The molecule has 1 aliphatic heterocycles. The van der Waals surface area contributed by atoms with Crippen LogP contribution in [-0.4, -0.2) is 18.2 Å². The van der Waals surface area contributed by atoms with Gasteiger partial charge in [-0.15, -0.1) is 0 Å².